The summed E-state index contributed by atoms with van der Waals surface area (Å²) < 4.78 is 0. The summed E-state index contributed by atoms with van der Waals surface area (Å²) in [6.45, 7) is -0.302. The lowest BCUT2D eigenvalue weighted by atomic mass is 10.2. The largest absolute Gasteiger partial charge is 0.368 e. The number of primary amides is 1. The van der Waals surface area contributed by atoms with Crippen molar-refractivity contribution in [1.29, 1.82) is 0 Å². The molecule has 142 valence electrons. The second-order valence-electron chi connectivity index (χ2n) is 5.87. The van der Waals surface area contributed by atoms with Gasteiger partial charge in [0.2, 0.25) is 5.91 Å². The molecule has 1 heterocycles. The smallest absolute Gasteiger partial charge is 0.293 e. The Hall–Kier alpha value is -4.21. The third-order valence-corrected chi connectivity index (χ3v) is 3.88. The van der Waals surface area contributed by atoms with E-state index in [1.165, 1.54) is 30.3 Å². The summed E-state index contributed by atoms with van der Waals surface area (Å²) in [6.07, 6.45) is 0. The van der Waals surface area contributed by atoms with Crippen LogP contribution in [0.4, 0.5) is 11.4 Å². The molecule has 0 radical (unpaired) electrons. The average Bonchev–Trinajstić information content (AvgIpc) is 3.10. The number of carbonyl (C=O) groups is 3. The predicted molar refractivity (Wildman–Crippen MR) is 101 cm³/mol. The number of fused-ring (bicyclic) bond motifs is 1. The van der Waals surface area contributed by atoms with Crippen LogP contribution in [0.2, 0.25) is 0 Å². The van der Waals surface area contributed by atoms with Gasteiger partial charge in [0.1, 0.15) is 11.2 Å². The number of non-ortho nitro benzene ring substituents is 1. The molecule has 10 nitrogen and oxygen atoms in total. The number of amides is 3. The number of nitrogens with zero attached hydrogens (tertiary/aromatic N) is 1. The summed E-state index contributed by atoms with van der Waals surface area (Å²) >= 11 is 0. The Balaban J connectivity index is 1.80. The molecule has 0 bridgehead atoms. The van der Waals surface area contributed by atoms with Gasteiger partial charge in [0.25, 0.3) is 17.5 Å². The Bertz CT molecular complexity index is 1100. The van der Waals surface area contributed by atoms with Crippen molar-refractivity contribution in [2.45, 2.75) is 0 Å². The highest BCUT2D eigenvalue weighted by Gasteiger charge is 2.17. The first-order valence-electron chi connectivity index (χ1n) is 8.09. The van der Waals surface area contributed by atoms with E-state index in [-0.39, 0.29) is 29.0 Å². The second kappa shape index (κ2) is 7.58. The van der Waals surface area contributed by atoms with Crippen LogP contribution in [0.3, 0.4) is 0 Å². The predicted octanol–water partition coefficient (Wildman–Crippen LogP) is 1.54. The normalized spacial score (nSPS) is 10.4. The number of H-pyrrole nitrogens is 1. The summed E-state index contributed by atoms with van der Waals surface area (Å²) in [5.41, 5.74) is 5.80. The minimum atomic E-state index is -0.675. The van der Waals surface area contributed by atoms with Gasteiger partial charge in [-0.1, -0.05) is 18.2 Å². The number of anilines is 1. The zero-order valence-electron chi connectivity index (χ0n) is 14.4. The van der Waals surface area contributed by atoms with Crippen LogP contribution < -0.4 is 16.4 Å². The summed E-state index contributed by atoms with van der Waals surface area (Å²) in [7, 11) is 0. The third kappa shape index (κ3) is 3.96. The maximum atomic E-state index is 12.5. The highest BCUT2D eigenvalue weighted by Crippen LogP contribution is 2.25. The van der Waals surface area contributed by atoms with E-state index >= 15 is 0 Å². The van der Waals surface area contributed by atoms with Crippen molar-refractivity contribution >= 4 is 40.0 Å². The van der Waals surface area contributed by atoms with E-state index in [1.54, 1.807) is 18.2 Å². The highest BCUT2D eigenvalue weighted by atomic mass is 16.6. The number of rotatable bonds is 6. The number of nitro groups is 1. The lowest BCUT2D eigenvalue weighted by molar-refractivity contribution is -0.383. The fraction of sp³-hybridized carbons (Fsp3) is 0.0556. The molecule has 0 aliphatic carbocycles. The Morgan fingerprint density at radius 1 is 1.07 bits per heavy atom. The first-order valence-corrected chi connectivity index (χ1v) is 8.09. The van der Waals surface area contributed by atoms with Crippen molar-refractivity contribution in [2.24, 2.45) is 5.73 Å². The van der Waals surface area contributed by atoms with Crippen LogP contribution in [0, 0.1) is 10.1 Å². The molecule has 10 heteroatoms. The molecule has 5 N–H and O–H groups in total. The van der Waals surface area contributed by atoms with Gasteiger partial charge < -0.3 is 21.4 Å². The molecule has 3 rings (SSSR count). The van der Waals surface area contributed by atoms with Gasteiger partial charge >= 0.3 is 0 Å². The zero-order valence-corrected chi connectivity index (χ0v) is 14.4. The standard InChI is InChI=1S/C18H15N5O5/c19-15(24)9-20-17(25)11-4-1-5-12(7-11)21-18(26)13-8-10-3-2-6-14(23(27)28)16(10)22-13/h1-8,22H,9H2,(H2,19,24)(H,20,25)(H,21,26). The summed E-state index contributed by atoms with van der Waals surface area (Å²) in [6, 6.07) is 12.1. The lowest BCUT2D eigenvalue weighted by Gasteiger charge is -2.07. The summed E-state index contributed by atoms with van der Waals surface area (Å²) in [5.74, 6) is -1.72. The molecule has 0 aliphatic rings. The van der Waals surface area contributed by atoms with E-state index in [0.717, 1.165) is 0 Å². The van der Waals surface area contributed by atoms with E-state index in [0.29, 0.717) is 11.1 Å². The van der Waals surface area contributed by atoms with E-state index in [9.17, 15) is 24.5 Å². The number of benzene rings is 2. The summed E-state index contributed by atoms with van der Waals surface area (Å²) in [5, 5.41) is 16.6. The number of nitrogens with two attached hydrogens (primary N) is 1. The minimum Gasteiger partial charge on any atom is -0.368 e. The molecule has 0 saturated carbocycles. The Labute approximate surface area is 157 Å². The van der Waals surface area contributed by atoms with Crippen molar-refractivity contribution in [1.82, 2.24) is 10.3 Å². The molecule has 0 atom stereocenters. The van der Waals surface area contributed by atoms with E-state index in [2.05, 4.69) is 15.6 Å². The molecular weight excluding hydrogens is 366 g/mol. The van der Waals surface area contributed by atoms with Crippen molar-refractivity contribution in [2.75, 3.05) is 11.9 Å². The monoisotopic (exact) mass is 381 g/mol. The van der Waals surface area contributed by atoms with Crippen LogP contribution in [0.1, 0.15) is 20.8 Å². The molecule has 0 unspecified atom stereocenters. The van der Waals surface area contributed by atoms with Gasteiger partial charge in [0, 0.05) is 22.7 Å². The molecule has 0 fully saturated rings. The second-order valence-corrected chi connectivity index (χ2v) is 5.87. The molecule has 28 heavy (non-hydrogen) atoms. The van der Waals surface area contributed by atoms with Gasteiger partial charge in [-0.25, -0.2) is 0 Å². The van der Waals surface area contributed by atoms with Crippen LogP contribution in [-0.2, 0) is 4.79 Å². The maximum absolute atomic E-state index is 12.5. The fourth-order valence-electron chi connectivity index (χ4n) is 2.62. The average molecular weight is 381 g/mol. The van der Waals surface area contributed by atoms with Gasteiger partial charge in [0.05, 0.1) is 11.5 Å². The quantitative estimate of drug-likeness (QED) is 0.376. The number of hydrogen-bond acceptors (Lipinski definition) is 5. The molecular formula is C18H15N5O5. The van der Waals surface area contributed by atoms with Gasteiger partial charge in [-0.05, 0) is 24.3 Å². The van der Waals surface area contributed by atoms with Crippen LogP contribution in [0.15, 0.2) is 48.5 Å². The molecule has 3 amide bonds. The number of nitro benzene ring substituents is 1. The van der Waals surface area contributed by atoms with Crippen molar-refractivity contribution in [3.8, 4) is 0 Å². The molecule has 0 spiro atoms. The molecule has 2 aromatic carbocycles. The van der Waals surface area contributed by atoms with Crippen LogP contribution in [0.5, 0.6) is 0 Å². The number of carbonyl (C=O) groups excluding carboxylic acids is 3. The van der Waals surface area contributed by atoms with E-state index in [1.807, 2.05) is 0 Å². The van der Waals surface area contributed by atoms with Crippen LogP contribution in [0.25, 0.3) is 10.9 Å². The Morgan fingerprint density at radius 2 is 1.82 bits per heavy atom. The lowest BCUT2D eigenvalue weighted by Crippen LogP contribution is -2.33. The SMILES string of the molecule is NC(=O)CNC(=O)c1cccc(NC(=O)c2cc3cccc([N+](=O)[O-])c3[nH]2)c1. The van der Waals surface area contributed by atoms with Gasteiger partial charge in [-0.3, -0.25) is 24.5 Å². The minimum absolute atomic E-state index is 0.132. The molecule has 0 aliphatic heterocycles. The van der Waals surface area contributed by atoms with E-state index < -0.39 is 22.6 Å². The number of hydrogen-bond donors (Lipinski definition) is 4. The van der Waals surface area contributed by atoms with Crippen molar-refractivity contribution in [3.05, 3.63) is 69.9 Å². The van der Waals surface area contributed by atoms with Crippen molar-refractivity contribution < 1.29 is 19.3 Å². The number of aromatic amines is 1. The third-order valence-electron chi connectivity index (χ3n) is 3.88. The van der Waals surface area contributed by atoms with Crippen molar-refractivity contribution in [3.63, 3.8) is 0 Å². The first-order chi connectivity index (χ1) is 13.3. The van der Waals surface area contributed by atoms with Crippen LogP contribution >= 0.6 is 0 Å². The Morgan fingerprint density at radius 3 is 2.54 bits per heavy atom. The summed E-state index contributed by atoms with van der Waals surface area (Å²) in [4.78, 5) is 48.5. The van der Waals surface area contributed by atoms with Crippen LogP contribution in [-0.4, -0.2) is 34.2 Å². The van der Waals surface area contributed by atoms with Gasteiger partial charge in [0.15, 0.2) is 0 Å². The van der Waals surface area contributed by atoms with E-state index in [4.69, 9.17) is 5.73 Å². The fourth-order valence-corrected chi connectivity index (χ4v) is 2.62. The molecule has 3 aromatic rings. The molecule has 1 aromatic heterocycles. The number of aromatic nitrogens is 1. The maximum Gasteiger partial charge on any atom is 0.293 e. The Kier molecular flexibility index (Phi) is 5.03. The number of para-hydroxylation sites is 1. The highest BCUT2D eigenvalue weighted by molar-refractivity contribution is 6.07. The number of nitrogens with one attached hydrogen (secondary N) is 3. The first kappa shape index (κ1) is 18.6. The van der Waals surface area contributed by atoms with Gasteiger partial charge in [-0.2, -0.15) is 0 Å². The van der Waals surface area contributed by atoms with Gasteiger partial charge in [-0.15, -0.1) is 0 Å². The zero-order chi connectivity index (χ0) is 20.3. The topological polar surface area (TPSA) is 160 Å². The molecule has 0 saturated heterocycles.